The van der Waals surface area contributed by atoms with Crippen LogP contribution in [-0.4, -0.2) is 59.8 Å². The van der Waals surface area contributed by atoms with E-state index in [0.29, 0.717) is 30.8 Å². The second kappa shape index (κ2) is 14.1. The Morgan fingerprint density at radius 3 is 2.60 bits per heavy atom. The molecule has 0 aliphatic carbocycles. The third-order valence-corrected chi connectivity index (χ3v) is 7.60. The lowest BCUT2D eigenvalue weighted by molar-refractivity contribution is -0.130. The monoisotopic (exact) mass is 616 g/mol. The molecule has 13 heteroatoms. The number of carbonyl (C=O) groups is 5. The van der Waals surface area contributed by atoms with Crippen LogP contribution in [0.3, 0.4) is 0 Å². The van der Waals surface area contributed by atoms with Crippen molar-refractivity contribution in [3.8, 4) is 5.75 Å². The summed E-state index contributed by atoms with van der Waals surface area (Å²) in [5.74, 6) is -1.87. The maximum Gasteiger partial charge on any atom is 0.273 e. The quantitative estimate of drug-likeness (QED) is 0.289. The van der Waals surface area contributed by atoms with Gasteiger partial charge in [-0.3, -0.25) is 24.0 Å². The first-order chi connectivity index (χ1) is 21.7. The summed E-state index contributed by atoms with van der Waals surface area (Å²) in [7, 11) is 0. The smallest absolute Gasteiger partial charge is 0.273 e. The third-order valence-electron chi connectivity index (χ3n) is 7.60. The van der Waals surface area contributed by atoms with Gasteiger partial charge in [-0.15, -0.1) is 0 Å². The number of ether oxygens (including phenoxy) is 1. The van der Waals surface area contributed by atoms with Crippen LogP contribution in [-0.2, 0) is 20.8 Å². The van der Waals surface area contributed by atoms with Crippen molar-refractivity contribution in [2.75, 3.05) is 18.5 Å². The maximum atomic E-state index is 13.8. The van der Waals surface area contributed by atoms with Gasteiger partial charge in [0.15, 0.2) is 12.3 Å². The van der Waals surface area contributed by atoms with Gasteiger partial charge >= 0.3 is 0 Å². The molecule has 2 aromatic carbocycles. The van der Waals surface area contributed by atoms with Gasteiger partial charge in [0.1, 0.15) is 30.1 Å². The maximum absolute atomic E-state index is 13.8. The van der Waals surface area contributed by atoms with E-state index in [1.165, 1.54) is 18.4 Å². The first kappa shape index (κ1) is 31.2. The average Bonchev–Trinajstić information content (AvgIpc) is 3.52. The topological polar surface area (TPSA) is 181 Å². The Morgan fingerprint density at radius 2 is 1.82 bits per heavy atom. The highest BCUT2D eigenvalue weighted by Gasteiger charge is 2.32. The van der Waals surface area contributed by atoms with E-state index in [0.717, 1.165) is 5.56 Å². The van der Waals surface area contributed by atoms with E-state index < -0.39 is 41.8 Å². The molecule has 0 fully saturated rings. The summed E-state index contributed by atoms with van der Waals surface area (Å²) >= 11 is 0. The fourth-order valence-corrected chi connectivity index (χ4v) is 5.13. The first-order valence-electron chi connectivity index (χ1n) is 14.9. The van der Waals surface area contributed by atoms with Crippen molar-refractivity contribution < 1.29 is 33.1 Å². The number of carbonyl (C=O) groups excluding carboxylic acids is 5. The Morgan fingerprint density at radius 1 is 1.02 bits per heavy atom. The highest BCUT2D eigenvalue weighted by molar-refractivity contribution is 6.01. The molecule has 45 heavy (non-hydrogen) atoms. The molecular weight excluding hydrogens is 580 g/mol. The number of aromatic nitrogens is 1. The van der Waals surface area contributed by atoms with Crippen molar-refractivity contribution >= 4 is 35.2 Å². The summed E-state index contributed by atoms with van der Waals surface area (Å²) in [6.45, 7) is 3.91. The van der Waals surface area contributed by atoms with Gasteiger partial charge in [-0.1, -0.05) is 44.2 Å². The number of nitrogens with zero attached hydrogens (tertiary/aromatic N) is 1. The van der Waals surface area contributed by atoms with Crippen molar-refractivity contribution in [1.82, 2.24) is 26.3 Å². The summed E-state index contributed by atoms with van der Waals surface area (Å²) in [4.78, 5) is 69.5. The van der Waals surface area contributed by atoms with Gasteiger partial charge in [-0.05, 0) is 48.9 Å². The molecule has 13 nitrogen and oxygen atoms in total. The lowest BCUT2D eigenvalue weighted by Gasteiger charge is -2.26. The van der Waals surface area contributed by atoms with E-state index in [2.05, 4.69) is 31.6 Å². The molecular formula is C32H36N6O7. The van der Waals surface area contributed by atoms with Gasteiger partial charge in [0.25, 0.3) is 17.7 Å². The van der Waals surface area contributed by atoms with Gasteiger partial charge in [0.2, 0.25) is 17.7 Å². The molecule has 0 unspecified atom stereocenters. The number of amides is 5. The molecule has 0 spiro atoms. The van der Waals surface area contributed by atoms with Gasteiger partial charge in [0, 0.05) is 18.5 Å². The number of anilines is 1. The molecule has 0 saturated heterocycles. The number of nitrogens with one attached hydrogen (secondary N) is 5. The van der Waals surface area contributed by atoms with Crippen LogP contribution in [0.5, 0.6) is 5.75 Å². The van der Waals surface area contributed by atoms with Crippen LogP contribution in [0.4, 0.5) is 5.69 Å². The van der Waals surface area contributed by atoms with E-state index in [-0.39, 0.29) is 48.4 Å². The second-order valence-electron chi connectivity index (χ2n) is 11.4. The van der Waals surface area contributed by atoms with Crippen molar-refractivity contribution in [3.05, 3.63) is 77.5 Å². The van der Waals surface area contributed by atoms with Crippen molar-refractivity contribution in [2.45, 2.75) is 57.7 Å². The molecule has 1 aromatic heterocycles. The fourth-order valence-electron chi connectivity index (χ4n) is 5.13. The highest BCUT2D eigenvalue weighted by atomic mass is 16.5. The summed E-state index contributed by atoms with van der Waals surface area (Å²) in [6.07, 6.45) is 2.70. The lowest BCUT2D eigenvalue weighted by atomic mass is 10.0. The number of rotatable bonds is 5. The molecule has 5 rings (SSSR count). The van der Waals surface area contributed by atoms with E-state index in [9.17, 15) is 24.0 Å². The SMILES string of the molecule is CC(C)[C@@H]1NC(=O)[C@H](Cc2ccccc2)NC(=O)[C@@H](NC(=O)c2ccc3c(c2)OCC(=O)N3)CCCCNC(=O)c2coc1n2. The zero-order chi connectivity index (χ0) is 31.9. The zero-order valence-electron chi connectivity index (χ0n) is 25.1. The Hall–Kier alpha value is -5.20. The number of hydrogen-bond acceptors (Lipinski definition) is 8. The molecule has 2 bridgehead atoms. The molecule has 2 aliphatic rings. The number of oxazole rings is 1. The van der Waals surface area contributed by atoms with Gasteiger partial charge in [-0.2, -0.15) is 0 Å². The fraction of sp³-hybridized carbons (Fsp3) is 0.375. The minimum absolute atomic E-state index is 0.102. The second-order valence-corrected chi connectivity index (χ2v) is 11.4. The minimum atomic E-state index is -0.994. The van der Waals surface area contributed by atoms with E-state index in [1.807, 2.05) is 44.2 Å². The number of benzene rings is 2. The summed E-state index contributed by atoms with van der Waals surface area (Å²) < 4.78 is 11.0. The highest BCUT2D eigenvalue weighted by Crippen LogP contribution is 2.28. The average molecular weight is 617 g/mol. The molecule has 3 heterocycles. The Kier molecular flexibility index (Phi) is 9.76. The Labute approximate surface area is 259 Å². The number of fused-ring (bicyclic) bond motifs is 3. The molecule has 0 saturated carbocycles. The number of hydrogen-bond donors (Lipinski definition) is 5. The van der Waals surface area contributed by atoms with Crippen LogP contribution in [0.1, 0.15) is 71.5 Å². The first-order valence-corrected chi connectivity index (χ1v) is 14.9. The Balaban J connectivity index is 1.40. The van der Waals surface area contributed by atoms with E-state index in [4.69, 9.17) is 9.15 Å². The van der Waals surface area contributed by atoms with Crippen LogP contribution in [0.2, 0.25) is 0 Å². The normalized spacial score (nSPS) is 21.0. The van der Waals surface area contributed by atoms with Crippen molar-refractivity contribution in [3.63, 3.8) is 0 Å². The molecule has 236 valence electrons. The van der Waals surface area contributed by atoms with Crippen LogP contribution >= 0.6 is 0 Å². The van der Waals surface area contributed by atoms with Gasteiger partial charge < -0.3 is 35.7 Å². The predicted molar refractivity (Wildman–Crippen MR) is 162 cm³/mol. The molecule has 5 amide bonds. The summed E-state index contributed by atoms with van der Waals surface area (Å²) in [5, 5.41) is 14.1. The Bertz CT molecular complexity index is 1570. The lowest BCUT2D eigenvalue weighted by Crippen LogP contribution is -2.55. The summed E-state index contributed by atoms with van der Waals surface area (Å²) in [5.41, 5.74) is 1.61. The van der Waals surface area contributed by atoms with Crippen LogP contribution in [0, 0.1) is 5.92 Å². The van der Waals surface area contributed by atoms with Crippen molar-refractivity contribution in [2.24, 2.45) is 5.92 Å². The predicted octanol–water partition coefficient (Wildman–Crippen LogP) is 2.26. The van der Waals surface area contributed by atoms with Crippen LogP contribution < -0.4 is 31.3 Å². The van der Waals surface area contributed by atoms with E-state index in [1.54, 1.807) is 6.07 Å². The molecule has 0 radical (unpaired) electrons. The molecule has 3 aromatic rings. The van der Waals surface area contributed by atoms with Crippen LogP contribution in [0.15, 0.2) is 59.2 Å². The zero-order valence-corrected chi connectivity index (χ0v) is 25.1. The van der Waals surface area contributed by atoms with Crippen LogP contribution in [0.25, 0.3) is 0 Å². The molecule has 2 aliphatic heterocycles. The summed E-state index contributed by atoms with van der Waals surface area (Å²) in [6, 6.07) is 11.2. The minimum Gasteiger partial charge on any atom is -0.482 e. The van der Waals surface area contributed by atoms with Gasteiger partial charge in [-0.25, -0.2) is 4.98 Å². The standard InChI is InChI=1S/C32H36N6O7/c1-18(2)27-32-37-24(16-45-32)29(41)33-13-7-6-10-22(30(42)36-23(31(43)38-27)14-19-8-4-3-5-9-19)35-28(40)20-11-12-21-25(15-20)44-17-26(39)34-21/h3-5,8-9,11-12,15-16,18,22-23,27H,6-7,10,13-14,17H2,1-2H3,(H,33,41)(H,34,39)(H,35,40)(H,36,42)(H,38,43)/t22-,23-,27-/m0/s1. The van der Waals surface area contributed by atoms with E-state index >= 15 is 0 Å². The van der Waals surface area contributed by atoms with Gasteiger partial charge in [0.05, 0.1) is 5.69 Å². The molecule has 3 atom stereocenters. The third kappa shape index (κ3) is 7.85. The van der Waals surface area contributed by atoms with Crippen molar-refractivity contribution in [1.29, 1.82) is 0 Å². The molecule has 5 N–H and O–H groups in total. The largest absolute Gasteiger partial charge is 0.482 e.